The maximum atomic E-state index is 13.6. The van der Waals surface area contributed by atoms with Crippen molar-refractivity contribution < 1.29 is 9.32 Å². The number of fused-ring (bicyclic) bond motifs is 4. The van der Waals surface area contributed by atoms with Crippen molar-refractivity contribution in [2.24, 2.45) is 0 Å². The van der Waals surface area contributed by atoms with Crippen LogP contribution in [0.2, 0.25) is 0 Å². The Bertz CT molecular complexity index is 1090. The monoisotopic (exact) mass is 432 g/mol. The summed E-state index contributed by atoms with van der Waals surface area (Å²) in [4.78, 5) is 18.3. The highest BCUT2D eigenvalue weighted by Crippen LogP contribution is 2.31. The van der Waals surface area contributed by atoms with Crippen LogP contribution in [0.1, 0.15) is 44.4 Å². The molecule has 2 aromatic carbocycles. The third-order valence-corrected chi connectivity index (χ3v) is 7.00. The fraction of sp³-hybridized carbons (Fsp3) is 0.462. The molecular weight excluding hydrogens is 400 g/mol. The zero-order valence-electron chi connectivity index (χ0n) is 19.0. The van der Waals surface area contributed by atoms with E-state index >= 15 is 0 Å². The molecule has 0 spiro atoms. The van der Waals surface area contributed by atoms with Gasteiger partial charge in [-0.1, -0.05) is 35.5 Å². The standard InChI is InChI=1S/C26H32N4O2/c1-18(2)30-20-11-12-21(30)17-29(16-19-7-3-5-9-23(19)27-14-13-20)26(31)15-24-22-8-4-6-10-25(22)32-28-24/h3-10,18,20-21,27H,11-17H2,1-2H3/t20-,21+/m1/s1. The Hall–Kier alpha value is -2.86. The van der Waals surface area contributed by atoms with Crippen LogP contribution >= 0.6 is 0 Å². The van der Waals surface area contributed by atoms with Gasteiger partial charge in [0.1, 0.15) is 5.69 Å². The number of rotatable bonds is 3. The first-order valence-electron chi connectivity index (χ1n) is 11.8. The minimum absolute atomic E-state index is 0.102. The third-order valence-electron chi connectivity index (χ3n) is 7.00. The molecule has 1 fully saturated rings. The molecule has 6 nitrogen and oxygen atoms in total. The predicted octanol–water partition coefficient (Wildman–Crippen LogP) is 4.46. The fourth-order valence-corrected chi connectivity index (χ4v) is 5.54. The molecule has 0 radical (unpaired) electrons. The van der Waals surface area contributed by atoms with Crippen molar-refractivity contribution in [3.63, 3.8) is 0 Å². The number of nitrogens with zero attached hydrogens (tertiary/aromatic N) is 3. The van der Waals surface area contributed by atoms with Crippen molar-refractivity contribution in [3.05, 3.63) is 59.8 Å². The second kappa shape index (κ2) is 8.94. The lowest BCUT2D eigenvalue weighted by atomic mass is 10.1. The van der Waals surface area contributed by atoms with Gasteiger partial charge in [-0.3, -0.25) is 9.69 Å². The molecule has 0 aliphatic carbocycles. The van der Waals surface area contributed by atoms with Crippen LogP contribution in [0.15, 0.2) is 53.1 Å². The normalized spacial score (nSPS) is 21.9. The van der Waals surface area contributed by atoms with E-state index < -0.39 is 0 Å². The molecule has 1 N–H and O–H groups in total. The molecule has 0 unspecified atom stereocenters. The molecule has 6 heteroatoms. The number of amides is 1. The van der Waals surface area contributed by atoms with E-state index in [1.807, 2.05) is 29.2 Å². The Morgan fingerprint density at radius 2 is 1.88 bits per heavy atom. The van der Waals surface area contributed by atoms with E-state index in [1.54, 1.807) is 0 Å². The highest BCUT2D eigenvalue weighted by molar-refractivity contribution is 5.86. The van der Waals surface area contributed by atoms with Crippen LogP contribution in [0.3, 0.4) is 0 Å². The summed E-state index contributed by atoms with van der Waals surface area (Å²) in [6.07, 6.45) is 3.72. The SMILES string of the molecule is CC(C)N1[C@H]2CCNc3ccccc3CN(C(=O)Cc3noc4ccccc34)C[C@@H]1CC2. The molecule has 0 saturated carbocycles. The summed E-state index contributed by atoms with van der Waals surface area (Å²) in [5.41, 5.74) is 3.74. The fourth-order valence-electron chi connectivity index (χ4n) is 5.54. The van der Waals surface area contributed by atoms with E-state index in [0.29, 0.717) is 24.7 Å². The van der Waals surface area contributed by atoms with Crippen molar-refractivity contribution in [1.82, 2.24) is 15.0 Å². The van der Waals surface area contributed by atoms with Crippen LogP contribution in [-0.4, -0.2) is 52.1 Å². The number of nitrogens with one attached hydrogen (secondary N) is 1. The maximum Gasteiger partial charge on any atom is 0.229 e. The lowest BCUT2D eigenvalue weighted by Gasteiger charge is -2.36. The minimum atomic E-state index is 0.102. The number of aromatic nitrogens is 1. The molecule has 1 saturated heterocycles. The Balaban J connectivity index is 1.45. The van der Waals surface area contributed by atoms with Crippen molar-refractivity contribution in [1.29, 1.82) is 0 Å². The topological polar surface area (TPSA) is 61.6 Å². The van der Waals surface area contributed by atoms with Gasteiger partial charge in [0.25, 0.3) is 0 Å². The van der Waals surface area contributed by atoms with E-state index in [1.165, 1.54) is 12.0 Å². The van der Waals surface area contributed by atoms with Gasteiger partial charge in [-0.25, -0.2) is 0 Å². The average Bonchev–Trinajstić information content (AvgIpc) is 3.37. The van der Waals surface area contributed by atoms with Crippen LogP contribution in [0.4, 0.5) is 5.69 Å². The minimum Gasteiger partial charge on any atom is -0.385 e. The van der Waals surface area contributed by atoms with Crippen molar-refractivity contribution in [2.45, 2.75) is 64.2 Å². The van der Waals surface area contributed by atoms with Crippen molar-refractivity contribution >= 4 is 22.6 Å². The van der Waals surface area contributed by atoms with Gasteiger partial charge in [-0.2, -0.15) is 0 Å². The second-order valence-electron chi connectivity index (χ2n) is 9.38. The molecule has 168 valence electrons. The number of benzene rings is 2. The maximum absolute atomic E-state index is 13.6. The van der Waals surface area contributed by atoms with Gasteiger partial charge in [-0.15, -0.1) is 0 Å². The molecule has 32 heavy (non-hydrogen) atoms. The van der Waals surface area contributed by atoms with Crippen molar-refractivity contribution in [2.75, 3.05) is 18.4 Å². The summed E-state index contributed by atoms with van der Waals surface area (Å²) in [7, 11) is 0. The number of carbonyl (C=O) groups excluding carboxylic acids is 1. The van der Waals surface area contributed by atoms with Gasteiger partial charge in [-0.05, 0) is 56.9 Å². The van der Waals surface area contributed by atoms with E-state index in [-0.39, 0.29) is 12.3 Å². The molecule has 2 bridgehead atoms. The lowest BCUT2D eigenvalue weighted by molar-refractivity contribution is -0.132. The molecule has 1 aromatic heterocycles. The number of carbonyl (C=O) groups is 1. The summed E-state index contributed by atoms with van der Waals surface area (Å²) in [6, 6.07) is 17.5. The van der Waals surface area contributed by atoms with E-state index in [2.05, 4.69) is 53.5 Å². The third kappa shape index (κ3) is 4.11. The van der Waals surface area contributed by atoms with Gasteiger partial charge < -0.3 is 14.7 Å². The molecule has 3 heterocycles. The quantitative estimate of drug-likeness (QED) is 0.662. The predicted molar refractivity (Wildman–Crippen MR) is 126 cm³/mol. The zero-order chi connectivity index (χ0) is 22.1. The summed E-state index contributed by atoms with van der Waals surface area (Å²) in [5, 5.41) is 8.77. The van der Waals surface area contributed by atoms with E-state index in [9.17, 15) is 4.79 Å². The first-order valence-corrected chi connectivity index (χ1v) is 11.8. The summed E-state index contributed by atoms with van der Waals surface area (Å²) in [6.45, 7) is 6.86. The van der Waals surface area contributed by atoms with Gasteiger partial charge >= 0.3 is 0 Å². The first kappa shape index (κ1) is 21.0. The Labute approximate surface area is 189 Å². The summed E-state index contributed by atoms with van der Waals surface area (Å²) in [5.74, 6) is 0.102. The largest absolute Gasteiger partial charge is 0.385 e. The molecule has 2 atom stereocenters. The highest BCUT2D eigenvalue weighted by atomic mass is 16.5. The number of hydrogen-bond donors (Lipinski definition) is 1. The summed E-state index contributed by atoms with van der Waals surface area (Å²) >= 11 is 0. The zero-order valence-corrected chi connectivity index (χ0v) is 19.0. The van der Waals surface area contributed by atoms with Gasteiger partial charge in [0.15, 0.2) is 5.58 Å². The first-order chi connectivity index (χ1) is 15.6. The van der Waals surface area contributed by atoms with Crippen LogP contribution in [0.25, 0.3) is 11.0 Å². The molecule has 2 aliphatic heterocycles. The number of para-hydroxylation sites is 2. The van der Waals surface area contributed by atoms with Crippen LogP contribution < -0.4 is 5.32 Å². The van der Waals surface area contributed by atoms with Gasteiger partial charge in [0.05, 0.1) is 6.42 Å². The van der Waals surface area contributed by atoms with Crippen molar-refractivity contribution in [3.8, 4) is 0 Å². The Morgan fingerprint density at radius 3 is 2.75 bits per heavy atom. The van der Waals surface area contributed by atoms with Gasteiger partial charge in [0.2, 0.25) is 5.91 Å². The smallest absolute Gasteiger partial charge is 0.229 e. The molecule has 1 amide bonds. The molecule has 2 aliphatic rings. The van der Waals surface area contributed by atoms with Crippen LogP contribution in [0.5, 0.6) is 0 Å². The second-order valence-corrected chi connectivity index (χ2v) is 9.38. The van der Waals surface area contributed by atoms with E-state index in [4.69, 9.17) is 4.52 Å². The van der Waals surface area contributed by atoms with Crippen LogP contribution in [-0.2, 0) is 17.8 Å². The number of anilines is 1. The Morgan fingerprint density at radius 1 is 1.09 bits per heavy atom. The molecule has 3 aromatic rings. The highest BCUT2D eigenvalue weighted by Gasteiger charge is 2.37. The van der Waals surface area contributed by atoms with E-state index in [0.717, 1.165) is 48.3 Å². The lowest BCUT2D eigenvalue weighted by Crippen LogP contribution is -2.48. The van der Waals surface area contributed by atoms with Crippen LogP contribution in [0, 0.1) is 0 Å². The van der Waals surface area contributed by atoms with Gasteiger partial charge in [0, 0.05) is 48.8 Å². The Kier molecular flexibility index (Phi) is 5.87. The molecule has 5 rings (SSSR count). The number of hydrogen-bond acceptors (Lipinski definition) is 5. The average molecular weight is 433 g/mol. The molecular formula is C26H32N4O2. The summed E-state index contributed by atoms with van der Waals surface area (Å²) < 4.78 is 5.45.